The molecule has 3 aromatic rings. The van der Waals surface area contributed by atoms with Gasteiger partial charge in [-0.05, 0) is 35.2 Å². The SMILES string of the molecule is CC(C)(C)c1ccc(-c2nnc(SCC(=O)NNC(=O)c3ccco3)o2)cc1. The molecule has 0 fully saturated rings. The topological polar surface area (TPSA) is 110 Å². The van der Waals surface area contributed by atoms with Crippen LogP contribution in [0.1, 0.15) is 36.9 Å². The van der Waals surface area contributed by atoms with Crippen LogP contribution in [0.4, 0.5) is 0 Å². The molecule has 0 saturated heterocycles. The highest BCUT2D eigenvalue weighted by atomic mass is 32.2. The predicted molar refractivity (Wildman–Crippen MR) is 103 cm³/mol. The van der Waals surface area contributed by atoms with E-state index in [9.17, 15) is 9.59 Å². The van der Waals surface area contributed by atoms with Crippen LogP contribution in [0, 0.1) is 0 Å². The van der Waals surface area contributed by atoms with Gasteiger partial charge in [0.25, 0.3) is 5.22 Å². The molecule has 0 spiro atoms. The summed E-state index contributed by atoms with van der Waals surface area (Å²) in [4.78, 5) is 23.5. The third-order valence-corrected chi connectivity index (χ3v) is 4.61. The molecule has 2 N–H and O–H groups in total. The standard InChI is InChI=1S/C19H20N4O4S/c1-19(2,3)13-8-6-12(7-9-13)17-22-23-18(27-17)28-11-15(24)20-21-16(25)14-5-4-10-26-14/h4-10H,11H2,1-3H3,(H,20,24)(H,21,25). The first-order valence-corrected chi connectivity index (χ1v) is 9.51. The first kappa shape index (κ1) is 19.7. The maximum absolute atomic E-state index is 11.8. The number of amides is 2. The minimum atomic E-state index is -0.540. The Morgan fingerprint density at radius 3 is 2.46 bits per heavy atom. The van der Waals surface area contributed by atoms with Gasteiger partial charge in [-0.2, -0.15) is 0 Å². The fourth-order valence-corrected chi connectivity index (χ4v) is 2.82. The van der Waals surface area contributed by atoms with E-state index in [2.05, 4.69) is 41.8 Å². The smallest absolute Gasteiger partial charge is 0.305 e. The highest BCUT2D eigenvalue weighted by Crippen LogP contribution is 2.27. The molecular formula is C19H20N4O4S. The second-order valence-electron chi connectivity index (χ2n) is 6.97. The Balaban J connectivity index is 1.50. The highest BCUT2D eigenvalue weighted by molar-refractivity contribution is 7.99. The number of carbonyl (C=O) groups is 2. The van der Waals surface area contributed by atoms with Crippen LogP contribution in [0.25, 0.3) is 11.5 Å². The molecule has 3 rings (SSSR count). The predicted octanol–water partition coefficient (Wildman–Crippen LogP) is 3.18. The molecule has 0 aliphatic rings. The van der Waals surface area contributed by atoms with Crippen LogP contribution in [0.15, 0.2) is 56.7 Å². The van der Waals surface area contributed by atoms with Crippen molar-refractivity contribution in [3.05, 3.63) is 54.0 Å². The number of hydrogen-bond acceptors (Lipinski definition) is 7. The van der Waals surface area contributed by atoms with Crippen molar-refractivity contribution in [2.75, 3.05) is 5.75 Å². The van der Waals surface area contributed by atoms with Crippen molar-refractivity contribution >= 4 is 23.6 Å². The summed E-state index contributed by atoms with van der Waals surface area (Å²) in [7, 11) is 0. The van der Waals surface area contributed by atoms with Crippen LogP contribution in [0.2, 0.25) is 0 Å². The van der Waals surface area contributed by atoms with Gasteiger partial charge >= 0.3 is 5.91 Å². The van der Waals surface area contributed by atoms with Gasteiger partial charge in [-0.25, -0.2) is 0 Å². The van der Waals surface area contributed by atoms with E-state index in [0.29, 0.717) is 5.89 Å². The van der Waals surface area contributed by atoms with Crippen molar-refractivity contribution in [2.45, 2.75) is 31.4 Å². The maximum Gasteiger partial charge on any atom is 0.305 e. The monoisotopic (exact) mass is 400 g/mol. The average molecular weight is 400 g/mol. The van der Waals surface area contributed by atoms with E-state index in [0.717, 1.165) is 17.3 Å². The molecule has 146 valence electrons. The quantitative estimate of drug-likeness (QED) is 0.500. The fraction of sp³-hybridized carbons (Fsp3) is 0.263. The zero-order chi connectivity index (χ0) is 20.1. The summed E-state index contributed by atoms with van der Waals surface area (Å²) in [6, 6.07) is 11.0. The molecule has 2 amide bonds. The number of benzene rings is 1. The van der Waals surface area contributed by atoms with Crippen molar-refractivity contribution in [3.63, 3.8) is 0 Å². The molecule has 1 aromatic carbocycles. The average Bonchev–Trinajstić information content (AvgIpc) is 3.35. The first-order valence-electron chi connectivity index (χ1n) is 8.53. The fourth-order valence-electron chi connectivity index (χ4n) is 2.26. The summed E-state index contributed by atoms with van der Waals surface area (Å²) >= 11 is 1.07. The number of aromatic nitrogens is 2. The van der Waals surface area contributed by atoms with Gasteiger partial charge in [-0.3, -0.25) is 20.4 Å². The lowest BCUT2D eigenvalue weighted by Crippen LogP contribution is -2.42. The van der Waals surface area contributed by atoms with Crippen LogP contribution in [0.3, 0.4) is 0 Å². The summed E-state index contributed by atoms with van der Waals surface area (Å²) in [6.45, 7) is 6.43. The van der Waals surface area contributed by atoms with Gasteiger partial charge < -0.3 is 8.83 Å². The number of nitrogens with zero attached hydrogens (tertiary/aromatic N) is 2. The summed E-state index contributed by atoms with van der Waals surface area (Å²) in [5.41, 5.74) is 6.63. The van der Waals surface area contributed by atoms with Crippen molar-refractivity contribution in [2.24, 2.45) is 0 Å². The molecule has 0 saturated carbocycles. The minimum Gasteiger partial charge on any atom is -0.459 e. The Labute approximate surface area is 166 Å². The Morgan fingerprint density at radius 2 is 1.82 bits per heavy atom. The second-order valence-corrected chi connectivity index (χ2v) is 7.90. The maximum atomic E-state index is 11.8. The van der Waals surface area contributed by atoms with Crippen LogP contribution < -0.4 is 10.9 Å². The number of furan rings is 1. The molecule has 0 radical (unpaired) electrons. The van der Waals surface area contributed by atoms with Gasteiger partial charge in [0.2, 0.25) is 11.8 Å². The molecule has 2 heterocycles. The van der Waals surface area contributed by atoms with Crippen LogP contribution in [-0.2, 0) is 10.2 Å². The van der Waals surface area contributed by atoms with Crippen LogP contribution in [-0.4, -0.2) is 27.8 Å². The molecule has 28 heavy (non-hydrogen) atoms. The third-order valence-electron chi connectivity index (χ3n) is 3.79. The Kier molecular flexibility index (Phi) is 5.84. The summed E-state index contributed by atoms with van der Waals surface area (Å²) in [6.07, 6.45) is 1.37. The van der Waals surface area contributed by atoms with Crippen molar-refractivity contribution < 1.29 is 18.4 Å². The highest BCUT2D eigenvalue weighted by Gasteiger charge is 2.16. The molecule has 0 unspecified atom stereocenters. The van der Waals surface area contributed by atoms with Crippen LogP contribution in [0.5, 0.6) is 0 Å². The van der Waals surface area contributed by atoms with Crippen molar-refractivity contribution in [1.82, 2.24) is 21.0 Å². The molecule has 0 aliphatic heterocycles. The number of hydrazine groups is 1. The number of thioether (sulfide) groups is 1. The van der Waals surface area contributed by atoms with Gasteiger partial charge in [-0.1, -0.05) is 44.7 Å². The number of rotatable bonds is 5. The van der Waals surface area contributed by atoms with Gasteiger partial charge in [0, 0.05) is 5.56 Å². The lowest BCUT2D eigenvalue weighted by atomic mass is 9.87. The van der Waals surface area contributed by atoms with Crippen molar-refractivity contribution in [1.29, 1.82) is 0 Å². The zero-order valence-electron chi connectivity index (χ0n) is 15.7. The normalized spacial score (nSPS) is 11.2. The molecule has 0 atom stereocenters. The van der Waals surface area contributed by atoms with E-state index in [1.807, 2.05) is 24.3 Å². The lowest BCUT2D eigenvalue weighted by molar-refractivity contribution is -0.119. The Hall–Kier alpha value is -3.07. The largest absolute Gasteiger partial charge is 0.459 e. The Bertz CT molecular complexity index is 943. The molecule has 0 bridgehead atoms. The molecule has 8 nitrogen and oxygen atoms in total. The Morgan fingerprint density at radius 1 is 1.07 bits per heavy atom. The number of hydrogen-bond donors (Lipinski definition) is 2. The van der Waals surface area contributed by atoms with E-state index in [4.69, 9.17) is 8.83 Å². The van der Waals surface area contributed by atoms with E-state index in [1.54, 1.807) is 6.07 Å². The van der Waals surface area contributed by atoms with E-state index in [1.165, 1.54) is 17.9 Å². The molecular weight excluding hydrogens is 380 g/mol. The summed E-state index contributed by atoms with van der Waals surface area (Å²) in [5.74, 6) is -0.467. The lowest BCUT2D eigenvalue weighted by Gasteiger charge is -2.18. The van der Waals surface area contributed by atoms with Gasteiger partial charge in [0.1, 0.15) is 0 Å². The number of nitrogens with one attached hydrogen (secondary N) is 2. The summed E-state index contributed by atoms with van der Waals surface area (Å²) < 4.78 is 10.5. The van der Waals surface area contributed by atoms with E-state index in [-0.39, 0.29) is 22.2 Å². The van der Waals surface area contributed by atoms with Gasteiger partial charge in [0.05, 0.1) is 12.0 Å². The van der Waals surface area contributed by atoms with Crippen molar-refractivity contribution in [3.8, 4) is 11.5 Å². The second kappa shape index (κ2) is 8.30. The molecule has 9 heteroatoms. The minimum absolute atomic E-state index is 0.00301. The zero-order valence-corrected chi connectivity index (χ0v) is 16.5. The van der Waals surface area contributed by atoms with Crippen LogP contribution >= 0.6 is 11.8 Å². The van der Waals surface area contributed by atoms with E-state index < -0.39 is 11.8 Å². The molecule has 2 aromatic heterocycles. The van der Waals surface area contributed by atoms with Gasteiger partial charge in [0.15, 0.2) is 5.76 Å². The number of carbonyl (C=O) groups excluding carboxylic acids is 2. The molecule has 0 aliphatic carbocycles. The summed E-state index contributed by atoms with van der Waals surface area (Å²) in [5, 5.41) is 8.21. The first-order chi connectivity index (χ1) is 13.3. The van der Waals surface area contributed by atoms with Gasteiger partial charge in [-0.15, -0.1) is 10.2 Å². The van der Waals surface area contributed by atoms with E-state index >= 15 is 0 Å². The third kappa shape index (κ3) is 5.01.